The fourth-order valence-electron chi connectivity index (χ4n) is 2.02. The average molecular weight is 281 g/mol. The molecular formula is C13H20BNO5. The number of rotatable bonds is 3. The Bertz CT molecular complexity index is 507. The van der Waals surface area contributed by atoms with E-state index in [0.29, 0.717) is 16.9 Å². The van der Waals surface area contributed by atoms with Crippen molar-refractivity contribution in [2.75, 3.05) is 7.11 Å². The van der Waals surface area contributed by atoms with Crippen LogP contribution in [0.15, 0.2) is 4.52 Å². The number of carbonyl (C=O) groups is 1. The smallest absolute Gasteiger partial charge is 0.469 e. The Hall–Kier alpha value is -1.34. The van der Waals surface area contributed by atoms with E-state index >= 15 is 0 Å². The van der Waals surface area contributed by atoms with Gasteiger partial charge in [-0.15, -0.1) is 0 Å². The van der Waals surface area contributed by atoms with Crippen molar-refractivity contribution < 1.29 is 23.4 Å². The third-order valence-corrected chi connectivity index (χ3v) is 4.00. The molecule has 0 saturated carbocycles. The summed E-state index contributed by atoms with van der Waals surface area (Å²) in [5, 5.41) is 3.90. The monoisotopic (exact) mass is 281 g/mol. The molecule has 6 nitrogen and oxygen atoms in total. The molecule has 0 radical (unpaired) electrons. The quantitative estimate of drug-likeness (QED) is 0.608. The van der Waals surface area contributed by atoms with Gasteiger partial charge in [0.05, 0.1) is 24.0 Å². The van der Waals surface area contributed by atoms with Gasteiger partial charge in [0.25, 0.3) is 0 Å². The average Bonchev–Trinajstić information content (AvgIpc) is 2.77. The number of esters is 1. The SMILES string of the molecule is COC(=O)Cc1onc(C)c1B1OC(C)(C)C(C)(C)O1. The van der Waals surface area contributed by atoms with E-state index in [1.165, 1.54) is 7.11 Å². The normalized spacial score (nSPS) is 20.2. The minimum absolute atomic E-state index is 0.0107. The number of aryl methyl sites for hydroxylation is 1. The fraction of sp³-hybridized carbons (Fsp3) is 0.692. The predicted molar refractivity (Wildman–Crippen MR) is 72.7 cm³/mol. The lowest BCUT2D eigenvalue weighted by Crippen LogP contribution is -2.41. The van der Waals surface area contributed by atoms with Gasteiger partial charge in [0.2, 0.25) is 0 Å². The van der Waals surface area contributed by atoms with Crippen LogP contribution in [0, 0.1) is 6.92 Å². The number of nitrogens with zero attached hydrogens (tertiary/aromatic N) is 1. The van der Waals surface area contributed by atoms with Gasteiger partial charge < -0.3 is 18.6 Å². The van der Waals surface area contributed by atoms with Gasteiger partial charge in [-0.25, -0.2) is 0 Å². The summed E-state index contributed by atoms with van der Waals surface area (Å²) >= 11 is 0. The van der Waals surface area contributed by atoms with Gasteiger partial charge >= 0.3 is 13.1 Å². The molecule has 0 spiro atoms. The molecule has 0 bridgehead atoms. The number of hydrogen-bond donors (Lipinski definition) is 0. The third kappa shape index (κ3) is 2.47. The minimum atomic E-state index is -0.592. The second kappa shape index (κ2) is 4.89. The molecule has 1 aliphatic heterocycles. The van der Waals surface area contributed by atoms with Crippen molar-refractivity contribution in [3.8, 4) is 0 Å². The van der Waals surface area contributed by atoms with Crippen molar-refractivity contribution in [3.05, 3.63) is 11.5 Å². The highest BCUT2D eigenvalue weighted by Gasteiger charge is 2.53. The zero-order valence-corrected chi connectivity index (χ0v) is 12.8. The lowest BCUT2D eigenvalue weighted by molar-refractivity contribution is -0.140. The summed E-state index contributed by atoms with van der Waals surface area (Å²) in [4.78, 5) is 11.4. The summed E-state index contributed by atoms with van der Waals surface area (Å²) in [6, 6.07) is 0. The van der Waals surface area contributed by atoms with Crippen molar-refractivity contribution in [2.24, 2.45) is 0 Å². The van der Waals surface area contributed by atoms with Crippen LogP contribution in [0.25, 0.3) is 0 Å². The molecule has 2 heterocycles. The Kier molecular flexibility index (Phi) is 3.68. The molecule has 0 N–H and O–H groups in total. The molecule has 1 saturated heterocycles. The molecule has 0 unspecified atom stereocenters. The fourth-order valence-corrected chi connectivity index (χ4v) is 2.02. The van der Waals surface area contributed by atoms with E-state index in [-0.39, 0.29) is 12.4 Å². The lowest BCUT2D eigenvalue weighted by Gasteiger charge is -2.32. The molecule has 1 aromatic heterocycles. The first kappa shape index (κ1) is 15.1. The summed E-state index contributed by atoms with van der Waals surface area (Å²) in [7, 11) is 0.742. The molecule has 0 aliphatic carbocycles. The number of aromatic nitrogens is 1. The van der Waals surface area contributed by atoms with E-state index in [0.717, 1.165) is 0 Å². The Morgan fingerprint density at radius 1 is 1.25 bits per heavy atom. The van der Waals surface area contributed by atoms with Crippen molar-refractivity contribution >= 4 is 18.6 Å². The summed E-state index contributed by atoms with van der Waals surface area (Å²) in [6.07, 6.45) is 0.0107. The van der Waals surface area contributed by atoms with Crippen LogP contribution in [-0.2, 0) is 25.3 Å². The van der Waals surface area contributed by atoms with Gasteiger partial charge in [-0.05, 0) is 34.6 Å². The molecular weight excluding hydrogens is 261 g/mol. The topological polar surface area (TPSA) is 70.8 Å². The Balaban J connectivity index is 2.30. The van der Waals surface area contributed by atoms with E-state index in [1.54, 1.807) is 6.92 Å². The molecule has 1 fully saturated rings. The summed E-state index contributed by atoms with van der Waals surface area (Å²) in [6.45, 7) is 9.67. The zero-order valence-electron chi connectivity index (χ0n) is 12.8. The van der Waals surface area contributed by atoms with Crippen molar-refractivity contribution in [3.63, 3.8) is 0 Å². The van der Waals surface area contributed by atoms with E-state index in [2.05, 4.69) is 9.89 Å². The molecule has 7 heteroatoms. The summed E-state index contributed by atoms with van der Waals surface area (Å²) < 4.78 is 21.8. The number of methoxy groups -OCH3 is 1. The van der Waals surface area contributed by atoms with Gasteiger partial charge in [0.1, 0.15) is 12.2 Å². The highest BCUT2D eigenvalue weighted by molar-refractivity contribution is 6.63. The van der Waals surface area contributed by atoms with Crippen LogP contribution in [-0.4, -0.2) is 36.6 Å². The molecule has 0 aromatic carbocycles. The maximum atomic E-state index is 11.4. The van der Waals surface area contributed by atoms with Crippen LogP contribution in [0.5, 0.6) is 0 Å². The molecule has 2 rings (SSSR count). The number of hydrogen-bond acceptors (Lipinski definition) is 6. The van der Waals surface area contributed by atoms with Crippen LogP contribution in [0.1, 0.15) is 39.1 Å². The maximum absolute atomic E-state index is 11.4. The zero-order chi connectivity index (χ0) is 15.1. The molecule has 1 aromatic rings. The lowest BCUT2D eigenvalue weighted by atomic mass is 9.77. The van der Waals surface area contributed by atoms with Crippen LogP contribution in [0.2, 0.25) is 0 Å². The second-order valence-corrected chi connectivity index (χ2v) is 5.95. The van der Waals surface area contributed by atoms with Gasteiger partial charge in [-0.1, -0.05) is 5.16 Å². The Labute approximate surface area is 118 Å². The van der Waals surface area contributed by atoms with Gasteiger partial charge in [0, 0.05) is 5.46 Å². The van der Waals surface area contributed by atoms with Crippen LogP contribution in [0.4, 0.5) is 0 Å². The van der Waals surface area contributed by atoms with Gasteiger partial charge in [-0.2, -0.15) is 0 Å². The van der Waals surface area contributed by atoms with E-state index < -0.39 is 18.3 Å². The van der Waals surface area contributed by atoms with Gasteiger partial charge in [0.15, 0.2) is 0 Å². The first-order valence-electron chi connectivity index (χ1n) is 6.55. The summed E-state index contributed by atoms with van der Waals surface area (Å²) in [5.41, 5.74) is 0.421. The first-order valence-corrected chi connectivity index (χ1v) is 6.55. The first-order chi connectivity index (χ1) is 9.18. The number of ether oxygens (including phenoxy) is 1. The van der Waals surface area contributed by atoms with Crippen LogP contribution < -0.4 is 5.46 Å². The third-order valence-electron chi connectivity index (χ3n) is 4.00. The van der Waals surface area contributed by atoms with Crippen molar-refractivity contribution in [1.82, 2.24) is 5.16 Å². The predicted octanol–water partition coefficient (Wildman–Crippen LogP) is 0.998. The highest BCUT2D eigenvalue weighted by Crippen LogP contribution is 2.36. The Morgan fingerprint density at radius 3 is 2.30 bits per heavy atom. The Morgan fingerprint density at radius 2 is 1.80 bits per heavy atom. The number of carbonyl (C=O) groups excluding carboxylic acids is 1. The maximum Gasteiger partial charge on any atom is 0.500 e. The van der Waals surface area contributed by atoms with Gasteiger partial charge in [-0.3, -0.25) is 4.79 Å². The van der Waals surface area contributed by atoms with E-state index in [9.17, 15) is 4.79 Å². The molecule has 1 aliphatic rings. The van der Waals surface area contributed by atoms with Crippen molar-refractivity contribution in [2.45, 2.75) is 52.2 Å². The van der Waals surface area contributed by atoms with E-state index in [1.807, 2.05) is 27.7 Å². The summed E-state index contributed by atoms with van der Waals surface area (Å²) in [5.74, 6) is 0.0340. The highest BCUT2D eigenvalue weighted by atomic mass is 16.7. The van der Waals surface area contributed by atoms with Crippen LogP contribution in [0.3, 0.4) is 0 Å². The van der Waals surface area contributed by atoms with Crippen molar-refractivity contribution in [1.29, 1.82) is 0 Å². The van der Waals surface area contributed by atoms with E-state index in [4.69, 9.17) is 13.8 Å². The molecule has 110 valence electrons. The van der Waals surface area contributed by atoms with Crippen LogP contribution >= 0.6 is 0 Å². The largest absolute Gasteiger partial charge is 0.500 e. The second-order valence-electron chi connectivity index (χ2n) is 5.95. The molecule has 20 heavy (non-hydrogen) atoms. The molecule has 0 amide bonds. The minimum Gasteiger partial charge on any atom is -0.469 e. The molecule has 0 atom stereocenters. The standard InChI is InChI=1S/C13H20BNO5/c1-8-11(9(18-15-8)7-10(16)17-6)14-19-12(2,3)13(4,5)20-14/h7H2,1-6H3.